The monoisotopic (exact) mass is 674 g/mol. The molecular weight excluding hydrogens is 628 g/mol. The van der Waals surface area contributed by atoms with Crippen LogP contribution in [0.25, 0.3) is 22.5 Å². The molecule has 4 aromatic rings. The zero-order chi connectivity index (χ0) is 35.2. The number of aromatic nitrogens is 4. The molecule has 0 bridgehead atoms. The van der Waals surface area contributed by atoms with Gasteiger partial charge in [-0.3, -0.25) is 9.80 Å². The Morgan fingerprint density at radius 3 is 2.02 bits per heavy atom. The van der Waals surface area contributed by atoms with Gasteiger partial charge in [0.25, 0.3) is 0 Å². The van der Waals surface area contributed by atoms with Crippen molar-refractivity contribution in [2.45, 2.75) is 103 Å². The van der Waals surface area contributed by atoms with Gasteiger partial charge >= 0.3 is 12.2 Å². The highest BCUT2D eigenvalue weighted by molar-refractivity contribution is 5.72. The summed E-state index contributed by atoms with van der Waals surface area (Å²) in [4.78, 5) is 45.9. The highest BCUT2D eigenvalue weighted by atomic mass is 16.6. The Kier molecular flexibility index (Phi) is 8.71. The highest BCUT2D eigenvalue weighted by Crippen LogP contribution is 2.38. The summed E-state index contributed by atoms with van der Waals surface area (Å²) < 4.78 is 11.3. The zero-order valence-corrected chi connectivity index (χ0v) is 29.9. The lowest BCUT2D eigenvalue weighted by molar-refractivity contribution is 0.0208. The van der Waals surface area contributed by atoms with E-state index < -0.39 is 11.2 Å². The van der Waals surface area contributed by atoms with Crippen LogP contribution in [0.3, 0.4) is 0 Å². The van der Waals surface area contributed by atoms with Gasteiger partial charge in [-0.2, -0.15) is 0 Å². The molecule has 260 valence electrons. The quantitative estimate of drug-likeness (QED) is 0.212. The molecule has 4 heterocycles. The van der Waals surface area contributed by atoms with Gasteiger partial charge in [-0.05, 0) is 115 Å². The molecule has 2 saturated heterocycles. The van der Waals surface area contributed by atoms with Crippen LogP contribution in [0.4, 0.5) is 9.59 Å². The van der Waals surface area contributed by atoms with E-state index in [1.54, 1.807) is 4.90 Å². The topological polar surface area (TPSA) is 116 Å². The van der Waals surface area contributed by atoms with E-state index in [0.717, 1.165) is 89.5 Å². The molecule has 2 aromatic heterocycles. The standard InChI is InChI=1S/C40H46N6O4/c1-39(2,3)49-37(47)45-21-7-9-32(45)35-41-24-31(43-35)27-16-13-25(14-17-27)11-12-26-15-19-29-28(23-26)18-20-30-34(29)44-36(42-30)33-10-8-22-46(33)38(48)50-40(4,5)6/h13-17,19,23-24,32-33H,7-10,18,20-22H2,1-6H3,(H,41,43)(H,42,44)/t32-,33-/m0/s1. The van der Waals surface area contributed by atoms with Crippen LogP contribution in [-0.4, -0.2) is 66.2 Å². The minimum absolute atomic E-state index is 0.104. The molecule has 2 aliphatic heterocycles. The van der Waals surface area contributed by atoms with Crippen LogP contribution < -0.4 is 0 Å². The lowest BCUT2D eigenvalue weighted by atomic mass is 9.91. The van der Waals surface area contributed by atoms with Gasteiger partial charge in [-0.15, -0.1) is 0 Å². The number of carbonyl (C=O) groups excluding carboxylic acids is 2. The van der Waals surface area contributed by atoms with Crippen molar-refractivity contribution < 1.29 is 19.1 Å². The third-order valence-corrected chi connectivity index (χ3v) is 9.34. The van der Waals surface area contributed by atoms with Gasteiger partial charge in [-0.25, -0.2) is 19.6 Å². The highest BCUT2D eigenvalue weighted by Gasteiger charge is 2.37. The number of carbonyl (C=O) groups is 2. The Balaban J connectivity index is 1.02. The number of hydrogen-bond donors (Lipinski definition) is 2. The summed E-state index contributed by atoms with van der Waals surface area (Å²) in [5.41, 5.74) is 7.20. The van der Waals surface area contributed by atoms with Gasteiger partial charge in [0.05, 0.1) is 35.4 Å². The average Bonchev–Trinajstić information content (AvgIpc) is 3.87. The number of likely N-dealkylation sites (tertiary alicyclic amines) is 2. The number of nitrogens with one attached hydrogen (secondary N) is 2. The van der Waals surface area contributed by atoms with Crippen molar-refractivity contribution in [3.63, 3.8) is 0 Å². The summed E-state index contributed by atoms with van der Waals surface area (Å²) >= 11 is 0. The third-order valence-electron chi connectivity index (χ3n) is 9.34. The van der Waals surface area contributed by atoms with E-state index in [9.17, 15) is 9.59 Å². The summed E-state index contributed by atoms with van der Waals surface area (Å²) in [6.45, 7) is 12.7. The van der Waals surface area contributed by atoms with Crippen LogP contribution >= 0.6 is 0 Å². The van der Waals surface area contributed by atoms with Gasteiger partial charge in [-0.1, -0.05) is 30.0 Å². The number of imidazole rings is 2. The minimum Gasteiger partial charge on any atom is -0.444 e. The number of hydrogen-bond acceptors (Lipinski definition) is 6. The van der Waals surface area contributed by atoms with E-state index in [-0.39, 0.29) is 24.3 Å². The molecule has 0 radical (unpaired) electrons. The fourth-order valence-corrected chi connectivity index (χ4v) is 7.08. The summed E-state index contributed by atoms with van der Waals surface area (Å²) in [6, 6.07) is 14.3. The smallest absolute Gasteiger partial charge is 0.410 e. The number of H-pyrrole nitrogens is 2. The summed E-state index contributed by atoms with van der Waals surface area (Å²) in [5.74, 6) is 8.29. The molecule has 0 spiro atoms. The molecule has 7 rings (SSSR count). The normalized spacial score (nSPS) is 18.7. The molecule has 2 N–H and O–H groups in total. The molecule has 1 aliphatic carbocycles. The molecule has 2 amide bonds. The lowest BCUT2D eigenvalue weighted by Gasteiger charge is -2.27. The van der Waals surface area contributed by atoms with Crippen molar-refractivity contribution >= 4 is 12.2 Å². The van der Waals surface area contributed by atoms with E-state index in [4.69, 9.17) is 14.5 Å². The number of amides is 2. The number of ether oxygens (including phenoxy) is 2. The Morgan fingerprint density at radius 1 is 0.780 bits per heavy atom. The fraction of sp³-hybridized carbons (Fsp3) is 0.450. The van der Waals surface area contributed by atoms with Crippen LogP contribution in [0, 0.1) is 11.8 Å². The van der Waals surface area contributed by atoms with E-state index in [0.29, 0.717) is 13.1 Å². The van der Waals surface area contributed by atoms with Crippen molar-refractivity contribution in [1.82, 2.24) is 29.7 Å². The van der Waals surface area contributed by atoms with Crippen molar-refractivity contribution in [2.24, 2.45) is 0 Å². The van der Waals surface area contributed by atoms with Crippen LogP contribution in [0.5, 0.6) is 0 Å². The molecule has 10 heteroatoms. The number of nitrogens with zero attached hydrogens (tertiary/aromatic N) is 4. The first-order valence-electron chi connectivity index (χ1n) is 17.7. The molecule has 2 atom stereocenters. The largest absolute Gasteiger partial charge is 0.444 e. The average molecular weight is 675 g/mol. The maximum atomic E-state index is 12.9. The van der Waals surface area contributed by atoms with Gasteiger partial charge in [0.15, 0.2) is 0 Å². The van der Waals surface area contributed by atoms with Crippen molar-refractivity contribution in [3.8, 4) is 34.4 Å². The summed E-state index contributed by atoms with van der Waals surface area (Å²) in [7, 11) is 0. The summed E-state index contributed by atoms with van der Waals surface area (Å²) in [6.07, 6.45) is 6.53. The molecule has 2 aromatic carbocycles. The Morgan fingerprint density at radius 2 is 1.38 bits per heavy atom. The van der Waals surface area contributed by atoms with Gasteiger partial charge in [0.1, 0.15) is 22.9 Å². The van der Waals surface area contributed by atoms with E-state index >= 15 is 0 Å². The minimum atomic E-state index is -0.539. The van der Waals surface area contributed by atoms with Crippen molar-refractivity contribution in [1.29, 1.82) is 0 Å². The van der Waals surface area contributed by atoms with Gasteiger partial charge < -0.3 is 19.4 Å². The first-order chi connectivity index (χ1) is 23.8. The Hall–Kier alpha value is -5.04. The van der Waals surface area contributed by atoms with E-state index in [2.05, 4.69) is 45.0 Å². The molecule has 0 saturated carbocycles. The molecule has 0 unspecified atom stereocenters. The van der Waals surface area contributed by atoms with Crippen molar-refractivity contribution in [3.05, 3.63) is 82.7 Å². The Labute approximate surface area is 294 Å². The number of rotatable bonds is 3. The van der Waals surface area contributed by atoms with Gasteiger partial charge in [0.2, 0.25) is 0 Å². The molecule has 2 fully saturated rings. The fourth-order valence-electron chi connectivity index (χ4n) is 7.08. The SMILES string of the molecule is CC(C)(C)OC(=O)N1CCC[C@H]1c1ncc(-c2ccc(C#Cc3ccc4c(c3)CCc3nc([C@@H]5CCCN5C(=O)OC(C)(C)C)[nH]c3-4)cc2)[nH]1. The number of benzene rings is 2. The third kappa shape index (κ3) is 7.14. The number of aryl methyl sites for hydroxylation is 2. The zero-order valence-electron chi connectivity index (χ0n) is 29.9. The first-order valence-corrected chi connectivity index (χ1v) is 17.7. The second-order valence-electron chi connectivity index (χ2n) is 15.5. The van der Waals surface area contributed by atoms with Crippen LogP contribution in [0.1, 0.15) is 113 Å². The lowest BCUT2D eigenvalue weighted by Crippen LogP contribution is -2.36. The molecule has 3 aliphatic rings. The van der Waals surface area contributed by atoms with Crippen LogP contribution in [-0.2, 0) is 22.3 Å². The second-order valence-corrected chi connectivity index (χ2v) is 15.5. The maximum absolute atomic E-state index is 12.9. The molecule has 10 nitrogen and oxygen atoms in total. The maximum Gasteiger partial charge on any atom is 0.410 e. The number of aromatic amines is 2. The molecule has 50 heavy (non-hydrogen) atoms. The Bertz CT molecular complexity index is 1970. The molecular formula is C40H46N6O4. The first kappa shape index (κ1) is 33.5. The second kappa shape index (κ2) is 13.0. The summed E-state index contributed by atoms with van der Waals surface area (Å²) in [5, 5.41) is 0. The van der Waals surface area contributed by atoms with Crippen molar-refractivity contribution in [2.75, 3.05) is 13.1 Å². The van der Waals surface area contributed by atoms with Crippen LogP contribution in [0.2, 0.25) is 0 Å². The van der Waals surface area contributed by atoms with Crippen LogP contribution in [0.15, 0.2) is 48.7 Å². The van der Waals surface area contributed by atoms with E-state index in [1.807, 2.05) is 76.9 Å². The predicted octanol–water partition coefficient (Wildman–Crippen LogP) is 8.11. The number of fused-ring (bicyclic) bond motifs is 3. The predicted molar refractivity (Wildman–Crippen MR) is 191 cm³/mol. The van der Waals surface area contributed by atoms with Gasteiger partial charge in [0, 0.05) is 29.8 Å². The van der Waals surface area contributed by atoms with E-state index in [1.165, 1.54) is 5.56 Å².